The normalized spacial score (nSPS) is 11.0. The molecule has 15 heteroatoms. The highest BCUT2D eigenvalue weighted by atomic mass is 79.9. The molecule has 0 aliphatic heterocycles. The van der Waals surface area contributed by atoms with Crippen molar-refractivity contribution in [3.8, 4) is 11.8 Å². The largest absolute Gasteiger partial charge is 0.423 e. The van der Waals surface area contributed by atoms with Gasteiger partial charge in [0.15, 0.2) is 4.73 Å². The zero-order valence-corrected chi connectivity index (χ0v) is 19.5. The number of benzene rings is 1. The van der Waals surface area contributed by atoms with Gasteiger partial charge in [0.2, 0.25) is 9.47 Å². The average molecular weight is 629 g/mol. The van der Waals surface area contributed by atoms with Crippen molar-refractivity contribution in [1.29, 1.82) is 0 Å². The first-order chi connectivity index (χ1) is 13.7. The van der Waals surface area contributed by atoms with Crippen LogP contribution in [0.15, 0.2) is 38.5 Å². The van der Waals surface area contributed by atoms with Gasteiger partial charge in [-0.15, -0.1) is 10.2 Å². The highest BCUT2D eigenvalue weighted by molar-refractivity contribution is 9.11. The van der Waals surface area contributed by atoms with Crippen LogP contribution in [0.4, 0.5) is 17.6 Å². The molecule has 0 saturated heterocycles. The van der Waals surface area contributed by atoms with Gasteiger partial charge in [0.25, 0.3) is 12.9 Å². The first-order valence-electron chi connectivity index (χ1n) is 7.50. The molecule has 29 heavy (non-hydrogen) atoms. The lowest BCUT2D eigenvalue weighted by molar-refractivity contribution is 0.117. The molecule has 0 N–H and O–H groups in total. The Morgan fingerprint density at radius 2 is 1.45 bits per heavy atom. The summed E-state index contributed by atoms with van der Waals surface area (Å²) in [4.78, 5) is 7.57. The Labute approximate surface area is 191 Å². The number of rotatable bonds is 6. The Morgan fingerprint density at radius 3 is 2.00 bits per heavy atom. The van der Waals surface area contributed by atoms with Crippen LogP contribution in [0.3, 0.4) is 0 Å². The molecule has 3 rings (SSSR count). The van der Waals surface area contributed by atoms with E-state index in [0.717, 1.165) is 9.36 Å². The number of para-hydroxylation sites is 1. The van der Waals surface area contributed by atoms with E-state index in [4.69, 9.17) is 16.3 Å². The molecule has 0 bridgehead atoms. The van der Waals surface area contributed by atoms with Gasteiger partial charge in [0.05, 0.1) is 5.02 Å². The van der Waals surface area contributed by atoms with E-state index in [9.17, 15) is 17.6 Å². The first-order valence-corrected chi connectivity index (χ1v) is 10.3. The van der Waals surface area contributed by atoms with Crippen molar-refractivity contribution in [3.05, 3.63) is 43.5 Å². The van der Waals surface area contributed by atoms with Gasteiger partial charge in [0.1, 0.15) is 18.8 Å². The second-order valence-electron chi connectivity index (χ2n) is 4.99. The average Bonchev–Trinajstić information content (AvgIpc) is 3.10. The van der Waals surface area contributed by atoms with E-state index in [0.29, 0.717) is 20.2 Å². The molecule has 1 aromatic carbocycles. The van der Waals surface area contributed by atoms with E-state index in [1.165, 1.54) is 0 Å². The fourth-order valence-corrected chi connectivity index (χ4v) is 3.30. The lowest BCUT2D eigenvalue weighted by Crippen LogP contribution is -2.09. The zero-order chi connectivity index (χ0) is 21.6. The molecule has 0 unspecified atom stereocenters. The van der Waals surface area contributed by atoms with Crippen LogP contribution in [0, 0.1) is 0 Å². The molecular formula is C14H10Br3ClF4N6O. The molecule has 158 valence electrons. The van der Waals surface area contributed by atoms with E-state index in [1.807, 2.05) is 0 Å². The van der Waals surface area contributed by atoms with Gasteiger partial charge in [-0.1, -0.05) is 23.7 Å². The van der Waals surface area contributed by atoms with Crippen LogP contribution < -0.4 is 4.74 Å². The third-order valence-electron chi connectivity index (χ3n) is 2.87. The standard InChI is InChI=1S/C10H7BrClF2N3O.C4H3Br2F2N3/c11-9-15-10(17(16-9)5-8(13)14)18-7-4-2-1-3-6(7)12;5-3-9-4(6)11(10-3)1-2(7)8/h1-4,8H,5H2;2H,1H2. The third kappa shape index (κ3) is 7.83. The van der Waals surface area contributed by atoms with E-state index in [2.05, 4.69) is 68.0 Å². The summed E-state index contributed by atoms with van der Waals surface area (Å²) in [5, 5.41) is 7.76. The first kappa shape index (κ1) is 24.0. The molecule has 0 spiro atoms. The summed E-state index contributed by atoms with van der Waals surface area (Å²) in [6.07, 6.45) is -4.97. The van der Waals surface area contributed by atoms with Gasteiger partial charge in [0, 0.05) is 0 Å². The number of hydrogen-bond acceptors (Lipinski definition) is 5. The van der Waals surface area contributed by atoms with Crippen molar-refractivity contribution in [2.75, 3.05) is 0 Å². The van der Waals surface area contributed by atoms with Crippen LogP contribution in [0.1, 0.15) is 0 Å². The summed E-state index contributed by atoms with van der Waals surface area (Å²) in [5.74, 6) is 0.328. The van der Waals surface area contributed by atoms with Gasteiger partial charge < -0.3 is 4.74 Å². The van der Waals surface area contributed by atoms with Crippen LogP contribution in [-0.2, 0) is 13.1 Å². The highest BCUT2D eigenvalue weighted by Crippen LogP contribution is 2.28. The zero-order valence-electron chi connectivity index (χ0n) is 14.0. The number of halogens is 8. The number of aromatic nitrogens is 6. The van der Waals surface area contributed by atoms with Crippen molar-refractivity contribution in [2.45, 2.75) is 25.9 Å². The quantitative estimate of drug-likeness (QED) is 0.322. The van der Waals surface area contributed by atoms with Gasteiger partial charge in [-0.05, 0) is 59.9 Å². The summed E-state index contributed by atoms with van der Waals surface area (Å²) >= 11 is 14.8. The molecular weight excluding hydrogens is 619 g/mol. The SMILES string of the molecule is FC(F)Cn1nc(Br)nc1Br.FC(F)Cn1nc(Br)nc1Oc1ccccc1Cl. The minimum absolute atomic E-state index is 0.0460. The Morgan fingerprint density at radius 1 is 0.897 bits per heavy atom. The van der Waals surface area contributed by atoms with Crippen molar-refractivity contribution in [2.24, 2.45) is 0 Å². The van der Waals surface area contributed by atoms with Gasteiger partial charge in [-0.2, -0.15) is 9.97 Å². The minimum Gasteiger partial charge on any atom is -0.423 e. The van der Waals surface area contributed by atoms with Crippen molar-refractivity contribution < 1.29 is 22.3 Å². The van der Waals surface area contributed by atoms with E-state index in [1.54, 1.807) is 24.3 Å². The third-order valence-corrected chi connectivity index (χ3v) is 4.44. The van der Waals surface area contributed by atoms with Crippen LogP contribution in [0.25, 0.3) is 0 Å². The second-order valence-corrected chi connectivity index (χ2v) is 7.53. The fourth-order valence-electron chi connectivity index (χ4n) is 1.80. The maximum Gasteiger partial charge on any atom is 0.321 e. The maximum atomic E-state index is 12.3. The predicted octanol–water partition coefficient (Wildman–Crippen LogP) is 5.82. The molecule has 2 heterocycles. The monoisotopic (exact) mass is 626 g/mol. The van der Waals surface area contributed by atoms with Crippen LogP contribution in [0.5, 0.6) is 11.8 Å². The summed E-state index contributed by atoms with van der Waals surface area (Å²) in [6.45, 7) is -1.04. The molecule has 2 aromatic heterocycles. The summed E-state index contributed by atoms with van der Waals surface area (Å²) in [7, 11) is 0. The van der Waals surface area contributed by atoms with Crippen LogP contribution >= 0.6 is 59.4 Å². The van der Waals surface area contributed by atoms with Crippen LogP contribution in [-0.4, -0.2) is 42.4 Å². The molecule has 0 fully saturated rings. The summed E-state index contributed by atoms with van der Waals surface area (Å²) in [5.41, 5.74) is 0. The molecule has 0 atom stereocenters. The molecule has 7 nitrogen and oxygen atoms in total. The Hall–Kier alpha value is -1.25. The summed E-state index contributed by atoms with van der Waals surface area (Å²) in [6, 6.07) is 6.63. The number of hydrogen-bond donors (Lipinski definition) is 0. The van der Waals surface area contributed by atoms with Gasteiger partial charge in [-0.3, -0.25) is 0 Å². The summed E-state index contributed by atoms with van der Waals surface area (Å²) < 4.78 is 56.4. The second kappa shape index (κ2) is 11.2. The number of alkyl halides is 4. The minimum atomic E-state index is -2.55. The molecule has 0 saturated carbocycles. The molecule has 0 aliphatic carbocycles. The van der Waals surface area contributed by atoms with Crippen molar-refractivity contribution in [3.63, 3.8) is 0 Å². The Balaban J connectivity index is 0.000000234. The van der Waals surface area contributed by atoms with E-state index >= 15 is 0 Å². The lowest BCUT2D eigenvalue weighted by Gasteiger charge is -2.07. The molecule has 3 aromatic rings. The highest BCUT2D eigenvalue weighted by Gasteiger charge is 2.15. The van der Waals surface area contributed by atoms with Gasteiger partial charge in [-0.25, -0.2) is 26.9 Å². The smallest absolute Gasteiger partial charge is 0.321 e. The Bertz CT molecular complexity index is 942. The lowest BCUT2D eigenvalue weighted by atomic mass is 10.3. The van der Waals surface area contributed by atoms with Crippen molar-refractivity contribution in [1.82, 2.24) is 29.5 Å². The number of ether oxygens (including phenoxy) is 1. The number of nitrogens with zero attached hydrogens (tertiary/aromatic N) is 6. The van der Waals surface area contributed by atoms with E-state index in [-0.39, 0.29) is 10.7 Å². The molecule has 0 radical (unpaired) electrons. The molecule has 0 amide bonds. The maximum absolute atomic E-state index is 12.3. The fraction of sp³-hybridized carbons (Fsp3) is 0.286. The molecule has 0 aliphatic rings. The van der Waals surface area contributed by atoms with Crippen molar-refractivity contribution >= 4 is 59.4 Å². The van der Waals surface area contributed by atoms with Crippen LogP contribution in [0.2, 0.25) is 5.02 Å². The predicted molar refractivity (Wildman–Crippen MR) is 107 cm³/mol. The Kier molecular flexibility index (Phi) is 9.30. The topological polar surface area (TPSA) is 70.7 Å². The van der Waals surface area contributed by atoms with Gasteiger partial charge >= 0.3 is 6.01 Å². The van der Waals surface area contributed by atoms with E-state index < -0.39 is 25.9 Å².